The van der Waals surface area contributed by atoms with Crippen molar-refractivity contribution in [1.29, 1.82) is 0 Å². The van der Waals surface area contributed by atoms with Gasteiger partial charge in [-0.25, -0.2) is 0 Å². The van der Waals surface area contributed by atoms with E-state index in [-0.39, 0.29) is 19.1 Å². The van der Waals surface area contributed by atoms with Crippen molar-refractivity contribution in [1.82, 2.24) is 4.57 Å². The molecule has 0 amide bonds. The Kier molecular flexibility index (Phi) is 7.50. The van der Waals surface area contributed by atoms with Crippen LogP contribution in [0.3, 0.4) is 0 Å². The van der Waals surface area contributed by atoms with Crippen LogP contribution in [0.25, 0.3) is 10.9 Å². The lowest BCUT2D eigenvalue weighted by molar-refractivity contribution is -0.145. The number of carbonyl (C=O) groups excluding carboxylic acids is 1. The minimum absolute atomic E-state index is 0.167. The second-order valence-electron chi connectivity index (χ2n) is 6.59. The second kappa shape index (κ2) is 10.5. The van der Waals surface area contributed by atoms with Gasteiger partial charge in [-0.2, -0.15) is 0 Å². The molecular weight excluding hydrogens is 354 g/mol. The Morgan fingerprint density at radius 2 is 1.82 bits per heavy atom. The Bertz CT molecular complexity index is 873. The number of ether oxygens (including phenoxy) is 3. The van der Waals surface area contributed by atoms with Crippen LogP contribution in [0, 0.1) is 0 Å². The third kappa shape index (κ3) is 5.60. The summed E-state index contributed by atoms with van der Waals surface area (Å²) in [6.45, 7) is 4.22. The van der Waals surface area contributed by atoms with E-state index in [1.54, 1.807) is 0 Å². The molecule has 0 saturated heterocycles. The number of rotatable bonds is 11. The number of hydrogen-bond acceptors (Lipinski definition) is 4. The first-order chi connectivity index (χ1) is 13.8. The minimum atomic E-state index is -0.271. The van der Waals surface area contributed by atoms with Crippen molar-refractivity contribution in [2.75, 3.05) is 19.8 Å². The highest BCUT2D eigenvalue weighted by atomic mass is 16.6. The van der Waals surface area contributed by atoms with Gasteiger partial charge in [-0.1, -0.05) is 49.7 Å². The molecule has 0 bridgehead atoms. The quantitative estimate of drug-likeness (QED) is 0.360. The predicted octanol–water partition coefficient (Wildman–Crippen LogP) is 4.58. The maximum atomic E-state index is 12.1. The summed E-state index contributed by atoms with van der Waals surface area (Å²) in [5.74, 6) is 0.532. The van der Waals surface area contributed by atoms with Gasteiger partial charge < -0.3 is 18.8 Å². The Hall–Kier alpha value is -2.79. The standard InChI is InChI=1S/C23H27NO4/c1-2-3-14-26-15-16-27-23(25)17-24-13-12-20-21(24)10-7-11-22(20)28-18-19-8-5-4-6-9-19/h4-13H,2-3,14-18H2,1H3. The van der Waals surface area contributed by atoms with Crippen LogP contribution < -0.4 is 4.74 Å². The SMILES string of the molecule is CCCCOCCOC(=O)Cn1ccc2c(OCc3ccccc3)cccc21. The van der Waals surface area contributed by atoms with Gasteiger partial charge in [0.2, 0.25) is 0 Å². The lowest BCUT2D eigenvalue weighted by atomic mass is 10.2. The van der Waals surface area contributed by atoms with Crippen LogP contribution in [0.2, 0.25) is 0 Å². The van der Waals surface area contributed by atoms with Gasteiger partial charge in [-0.15, -0.1) is 0 Å². The molecule has 0 spiro atoms. The molecule has 0 unspecified atom stereocenters. The van der Waals surface area contributed by atoms with E-state index in [9.17, 15) is 4.79 Å². The molecule has 148 valence electrons. The van der Waals surface area contributed by atoms with Crippen LogP contribution >= 0.6 is 0 Å². The fourth-order valence-electron chi connectivity index (χ4n) is 2.94. The van der Waals surface area contributed by atoms with Gasteiger partial charge in [-0.05, 0) is 30.2 Å². The topological polar surface area (TPSA) is 49.7 Å². The number of carbonyl (C=O) groups is 1. The number of fused-ring (bicyclic) bond motifs is 1. The Balaban J connectivity index is 1.55. The molecular formula is C23H27NO4. The third-order valence-corrected chi connectivity index (χ3v) is 4.44. The van der Waals surface area contributed by atoms with E-state index in [1.165, 1.54) is 0 Å². The number of hydrogen-bond donors (Lipinski definition) is 0. The highest BCUT2D eigenvalue weighted by Crippen LogP contribution is 2.27. The van der Waals surface area contributed by atoms with Gasteiger partial charge in [0.15, 0.2) is 0 Å². The molecule has 5 nitrogen and oxygen atoms in total. The Labute approximate surface area is 165 Å². The molecule has 1 heterocycles. The summed E-state index contributed by atoms with van der Waals surface area (Å²) in [6.07, 6.45) is 4.01. The molecule has 0 N–H and O–H groups in total. The van der Waals surface area contributed by atoms with Crippen molar-refractivity contribution in [3.63, 3.8) is 0 Å². The molecule has 0 saturated carbocycles. The van der Waals surface area contributed by atoms with Crippen LogP contribution in [-0.4, -0.2) is 30.4 Å². The van der Waals surface area contributed by atoms with Crippen molar-refractivity contribution >= 4 is 16.9 Å². The lowest BCUT2D eigenvalue weighted by Gasteiger charge is -2.10. The summed E-state index contributed by atoms with van der Waals surface area (Å²) < 4.78 is 18.5. The summed E-state index contributed by atoms with van der Waals surface area (Å²) in [5, 5.41) is 0.981. The first-order valence-corrected chi connectivity index (χ1v) is 9.76. The average Bonchev–Trinajstić information content (AvgIpc) is 3.13. The zero-order chi connectivity index (χ0) is 19.6. The fraction of sp³-hybridized carbons (Fsp3) is 0.348. The summed E-state index contributed by atoms with van der Waals surface area (Å²) in [4.78, 5) is 12.1. The summed E-state index contributed by atoms with van der Waals surface area (Å²) in [5.41, 5.74) is 2.06. The monoisotopic (exact) mass is 381 g/mol. The van der Waals surface area contributed by atoms with E-state index in [4.69, 9.17) is 14.2 Å². The molecule has 0 aliphatic carbocycles. The maximum absolute atomic E-state index is 12.1. The molecule has 28 heavy (non-hydrogen) atoms. The van der Waals surface area contributed by atoms with Crippen molar-refractivity contribution in [2.24, 2.45) is 0 Å². The highest BCUT2D eigenvalue weighted by Gasteiger charge is 2.10. The molecule has 3 rings (SSSR count). The number of esters is 1. The maximum Gasteiger partial charge on any atom is 0.326 e. The van der Waals surface area contributed by atoms with Gasteiger partial charge in [0.25, 0.3) is 0 Å². The molecule has 5 heteroatoms. The van der Waals surface area contributed by atoms with Crippen molar-refractivity contribution in [3.8, 4) is 5.75 Å². The normalized spacial score (nSPS) is 10.9. The van der Waals surface area contributed by atoms with E-state index in [0.29, 0.717) is 19.8 Å². The third-order valence-electron chi connectivity index (χ3n) is 4.44. The molecule has 0 radical (unpaired) electrons. The Morgan fingerprint density at radius 1 is 0.964 bits per heavy atom. The summed E-state index contributed by atoms with van der Waals surface area (Å²) in [6, 6.07) is 17.9. The first-order valence-electron chi connectivity index (χ1n) is 9.76. The highest BCUT2D eigenvalue weighted by molar-refractivity contribution is 5.87. The van der Waals surface area contributed by atoms with Gasteiger partial charge in [0, 0.05) is 18.2 Å². The van der Waals surface area contributed by atoms with Crippen LogP contribution in [0.15, 0.2) is 60.8 Å². The van der Waals surface area contributed by atoms with Gasteiger partial charge in [0.05, 0.1) is 12.1 Å². The van der Waals surface area contributed by atoms with E-state index >= 15 is 0 Å². The zero-order valence-corrected chi connectivity index (χ0v) is 16.3. The molecule has 0 atom stereocenters. The predicted molar refractivity (Wildman–Crippen MR) is 109 cm³/mol. The smallest absolute Gasteiger partial charge is 0.326 e. The van der Waals surface area contributed by atoms with Crippen molar-refractivity contribution < 1.29 is 19.0 Å². The average molecular weight is 381 g/mol. The van der Waals surface area contributed by atoms with Crippen molar-refractivity contribution in [3.05, 3.63) is 66.4 Å². The second-order valence-corrected chi connectivity index (χ2v) is 6.59. The molecule has 0 aliphatic heterocycles. The zero-order valence-electron chi connectivity index (χ0n) is 16.3. The fourth-order valence-corrected chi connectivity index (χ4v) is 2.94. The number of aromatic nitrogens is 1. The van der Waals surface area contributed by atoms with Gasteiger partial charge in [0.1, 0.15) is 25.5 Å². The number of nitrogens with zero attached hydrogens (tertiary/aromatic N) is 1. The van der Waals surface area contributed by atoms with E-state index in [2.05, 4.69) is 6.92 Å². The Morgan fingerprint density at radius 3 is 2.64 bits per heavy atom. The number of benzene rings is 2. The van der Waals surface area contributed by atoms with E-state index < -0.39 is 0 Å². The molecule has 0 fully saturated rings. The summed E-state index contributed by atoms with van der Waals surface area (Å²) >= 11 is 0. The first kappa shape index (κ1) is 20.0. The number of unbranched alkanes of at least 4 members (excludes halogenated alkanes) is 1. The van der Waals surface area contributed by atoms with Gasteiger partial charge in [-0.3, -0.25) is 4.79 Å². The molecule has 2 aromatic carbocycles. The van der Waals surface area contributed by atoms with E-state index in [0.717, 1.165) is 35.1 Å². The van der Waals surface area contributed by atoms with Crippen LogP contribution in [0.5, 0.6) is 5.75 Å². The summed E-state index contributed by atoms with van der Waals surface area (Å²) in [7, 11) is 0. The lowest BCUT2D eigenvalue weighted by Crippen LogP contribution is -2.16. The minimum Gasteiger partial charge on any atom is -0.488 e. The van der Waals surface area contributed by atoms with Gasteiger partial charge >= 0.3 is 5.97 Å². The van der Waals surface area contributed by atoms with Crippen LogP contribution in [-0.2, 0) is 27.4 Å². The van der Waals surface area contributed by atoms with Crippen molar-refractivity contribution in [2.45, 2.75) is 32.9 Å². The molecule has 1 aromatic heterocycles. The van der Waals surface area contributed by atoms with Crippen LogP contribution in [0.4, 0.5) is 0 Å². The van der Waals surface area contributed by atoms with E-state index in [1.807, 2.05) is 65.4 Å². The molecule has 3 aromatic rings. The molecule has 0 aliphatic rings. The van der Waals surface area contributed by atoms with Crippen LogP contribution in [0.1, 0.15) is 25.3 Å². The largest absolute Gasteiger partial charge is 0.488 e.